The lowest BCUT2D eigenvalue weighted by molar-refractivity contribution is 0.469. The number of rotatable bonds is 1. The van der Waals surface area contributed by atoms with Gasteiger partial charge in [-0.3, -0.25) is 0 Å². The summed E-state index contributed by atoms with van der Waals surface area (Å²) in [5, 5.41) is 0. The van der Waals surface area contributed by atoms with E-state index in [1.54, 1.807) is 0 Å². The van der Waals surface area contributed by atoms with Gasteiger partial charge in [0.05, 0.1) is 11.4 Å². The fourth-order valence-corrected chi connectivity index (χ4v) is 3.60. The molecule has 3 aromatic carbocycles. The van der Waals surface area contributed by atoms with Crippen molar-refractivity contribution in [1.29, 1.82) is 0 Å². The molecule has 4 rings (SSSR count). The molecule has 0 aromatic heterocycles. The molecule has 0 saturated carbocycles. The third-order valence-corrected chi connectivity index (χ3v) is 5.37. The van der Waals surface area contributed by atoms with Crippen molar-refractivity contribution in [3.63, 3.8) is 0 Å². The van der Waals surface area contributed by atoms with Gasteiger partial charge in [0.15, 0.2) is 11.5 Å². The summed E-state index contributed by atoms with van der Waals surface area (Å²) in [5.74, 6) is 1.82. The Bertz CT molecular complexity index is 943. The molecule has 1 heterocycles. The van der Waals surface area contributed by atoms with Crippen LogP contribution in [0.2, 0.25) is 0 Å². The van der Waals surface area contributed by atoms with E-state index in [1.807, 2.05) is 0 Å². The third kappa shape index (κ3) is 3.28. The zero-order valence-corrected chi connectivity index (χ0v) is 17.7. The van der Waals surface area contributed by atoms with E-state index in [9.17, 15) is 0 Å². The smallest absolute Gasteiger partial charge is 0.151 e. The van der Waals surface area contributed by atoms with E-state index in [4.69, 9.17) is 4.74 Å². The number of nitrogens with zero attached hydrogens (tertiary/aromatic N) is 1. The third-order valence-electron chi connectivity index (χ3n) is 5.37. The Balaban J connectivity index is 1.92. The lowest BCUT2D eigenvalue weighted by Gasteiger charge is -2.35. The van der Waals surface area contributed by atoms with E-state index in [2.05, 4.69) is 113 Å². The van der Waals surface area contributed by atoms with Crippen LogP contribution in [0, 0.1) is 0 Å². The van der Waals surface area contributed by atoms with Gasteiger partial charge < -0.3 is 9.64 Å². The van der Waals surface area contributed by atoms with Crippen LogP contribution >= 0.6 is 0 Å². The van der Waals surface area contributed by atoms with Crippen molar-refractivity contribution in [3.05, 3.63) is 77.9 Å². The van der Waals surface area contributed by atoms with Crippen LogP contribution in [-0.4, -0.2) is 0 Å². The molecule has 144 valence electrons. The summed E-state index contributed by atoms with van der Waals surface area (Å²) in [5.41, 5.74) is 5.99. The van der Waals surface area contributed by atoms with Gasteiger partial charge >= 0.3 is 0 Å². The minimum absolute atomic E-state index is 0.0729. The molecule has 0 bridgehead atoms. The molecule has 0 spiro atoms. The van der Waals surface area contributed by atoms with Gasteiger partial charge in [-0.15, -0.1) is 0 Å². The summed E-state index contributed by atoms with van der Waals surface area (Å²) in [4.78, 5) is 2.30. The Morgan fingerprint density at radius 2 is 1.07 bits per heavy atom. The van der Waals surface area contributed by atoms with Crippen LogP contribution in [0.1, 0.15) is 52.7 Å². The highest BCUT2D eigenvalue weighted by molar-refractivity contribution is 5.86. The summed E-state index contributed by atoms with van der Waals surface area (Å²) in [6.07, 6.45) is 0. The number of hydrogen-bond acceptors (Lipinski definition) is 2. The van der Waals surface area contributed by atoms with E-state index in [0.717, 1.165) is 28.6 Å². The van der Waals surface area contributed by atoms with Gasteiger partial charge in [-0.05, 0) is 58.4 Å². The zero-order valence-electron chi connectivity index (χ0n) is 17.7. The first kappa shape index (κ1) is 18.6. The van der Waals surface area contributed by atoms with E-state index < -0.39 is 0 Å². The van der Waals surface area contributed by atoms with E-state index in [-0.39, 0.29) is 10.8 Å². The largest absolute Gasteiger partial charge is 0.453 e. The molecule has 0 aliphatic carbocycles. The number of anilines is 3. The van der Waals surface area contributed by atoms with Crippen LogP contribution in [0.5, 0.6) is 11.5 Å². The molecular weight excluding hydrogens is 342 g/mol. The van der Waals surface area contributed by atoms with Gasteiger partial charge in [-0.1, -0.05) is 71.9 Å². The van der Waals surface area contributed by atoms with Gasteiger partial charge in [0, 0.05) is 5.69 Å². The summed E-state index contributed by atoms with van der Waals surface area (Å²) >= 11 is 0. The van der Waals surface area contributed by atoms with E-state index >= 15 is 0 Å². The van der Waals surface area contributed by atoms with Crippen molar-refractivity contribution >= 4 is 17.1 Å². The summed E-state index contributed by atoms with van der Waals surface area (Å²) in [6.45, 7) is 13.4. The van der Waals surface area contributed by atoms with Crippen LogP contribution in [0.4, 0.5) is 17.1 Å². The molecule has 0 atom stereocenters. The minimum atomic E-state index is 0.0729. The van der Waals surface area contributed by atoms with Crippen LogP contribution in [-0.2, 0) is 10.8 Å². The monoisotopic (exact) mass is 371 g/mol. The predicted octanol–water partition coefficient (Wildman–Crippen LogP) is 7.86. The second kappa shape index (κ2) is 6.41. The molecule has 0 amide bonds. The fraction of sp³-hybridized carbons (Fsp3) is 0.308. The molecule has 3 aromatic rings. The van der Waals surface area contributed by atoms with Gasteiger partial charge in [-0.2, -0.15) is 0 Å². The molecule has 2 nitrogen and oxygen atoms in total. The van der Waals surface area contributed by atoms with Crippen molar-refractivity contribution in [3.8, 4) is 11.5 Å². The van der Waals surface area contributed by atoms with E-state index in [0.29, 0.717) is 0 Å². The first-order chi connectivity index (χ1) is 13.1. The Morgan fingerprint density at radius 1 is 0.607 bits per heavy atom. The Labute approximate surface area is 168 Å². The minimum Gasteiger partial charge on any atom is -0.453 e. The number of hydrogen-bond donors (Lipinski definition) is 0. The number of benzene rings is 3. The lowest BCUT2D eigenvalue weighted by atomic mass is 9.86. The zero-order chi connectivity index (χ0) is 20.1. The summed E-state index contributed by atoms with van der Waals surface area (Å²) in [6, 6.07) is 23.7. The van der Waals surface area contributed by atoms with Crippen LogP contribution in [0.25, 0.3) is 0 Å². The molecule has 0 N–H and O–H groups in total. The van der Waals surface area contributed by atoms with Crippen LogP contribution in [0.15, 0.2) is 66.7 Å². The van der Waals surface area contributed by atoms with Crippen LogP contribution < -0.4 is 9.64 Å². The maximum absolute atomic E-state index is 6.46. The van der Waals surface area contributed by atoms with Crippen molar-refractivity contribution in [2.24, 2.45) is 0 Å². The van der Waals surface area contributed by atoms with Gasteiger partial charge in [0.25, 0.3) is 0 Å². The maximum Gasteiger partial charge on any atom is 0.151 e. The van der Waals surface area contributed by atoms with Crippen molar-refractivity contribution < 1.29 is 4.74 Å². The average Bonchev–Trinajstić information content (AvgIpc) is 2.64. The molecule has 0 unspecified atom stereocenters. The fourth-order valence-electron chi connectivity index (χ4n) is 3.60. The summed E-state index contributed by atoms with van der Waals surface area (Å²) in [7, 11) is 0. The highest BCUT2D eigenvalue weighted by Gasteiger charge is 2.28. The van der Waals surface area contributed by atoms with Crippen LogP contribution in [0.3, 0.4) is 0 Å². The first-order valence-corrected chi connectivity index (χ1v) is 9.97. The molecule has 0 radical (unpaired) electrons. The molecule has 0 saturated heterocycles. The lowest BCUT2D eigenvalue weighted by Crippen LogP contribution is -2.19. The normalized spacial score (nSPS) is 13.6. The van der Waals surface area contributed by atoms with Gasteiger partial charge in [-0.25, -0.2) is 0 Å². The van der Waals surface area contributed by atoms with Crippen molar-refractivity contribution in [2.75, 3.05) is 4.90 Å². The SMILES string of the molecule is CC(C)(C)c1ccc2c(c1)Oc1cc(C(C)(C)C)ccc1N2c1ccccc1. The number of fused-ring (bicyclic) bond motifs is 2. The van der Waals surface area contributed by atoms with E-state index in [1.165, 1.54) is 11.1 Å². The molecule has 2 heteroatoms. The molecule has 0 fully saturated rings. The summed E-state index contributed by atoms with van der Waals surface area (Å²) < 4.78 is 6.46. The highest BCUT2D eigenvalue weighted by atomic mass is 16.5. The molecule has 1 aliphatic rings. The average molecular weight is 372 g/mol. The second-order valence-electron chi connectivity index (χ2n) is 9.64. The Hall–Kier alpha value is -2.74. The van der Waals surface area contributed by atoms with Crippen molar-refractivity contribution in [1.82, 2.24) is 0 Å². The first-order valence-electron chi connectivity index (χ1n) is 9.97. The Kier molecular flexibility index (Phi) is 4.26. The quantitative estimate of drug-likeness (QED) is 0.338. The second-order valence-corrected chi connectivity index (χ2v) is 9.64. The highest BCUT2D eigenvalue weighted by Crippen LogP contribution is 2.51. The topological polar surface area (TPSA) is 12.5 Å². The Morgan fingerprint density at radius 3 is 1.50 bits per heavy atom. The maximum atomic E-state index is 6.46. The van der Waals surface area contributed by atoms with Gasteiger partial charge in [0.1, 0.15) is 0 Å². The predicted molar refractivity (Wildman–Crippen MR) is 119 cm³/mol. The van der Waals surface area contributed by atoms with Crippen molar-refractivity contribution in [2.45, 2.75) is 52.4 Å². The van der Waals surface area contributed by atoms with Gasteiger partial charge in [0.2, 0.25) is 0 Å². The number of para-hydroxylation sites is 1. The number of ether oxygens (including phenoxy) is 1. The molecule has 1 aliphatic heterocycles. The standard InChI is InChI=1S/C26H29NO/c1-25(2,3)18-12-14-21-23(16-18)28-24-17-19(26(4,5)6)13-15-22(24)27(21)20-10-8-7-9-11-20/h7-17H,1-6H3. The molecular formula is C26H29NO. The molecule has 28 heavy (non-hydrogen) atoms.